The molecule has 2 heterocycles. The molecule has 3 rings (SSSR count). The van der Waals surface area contributed by atoms with Crippen LogP contribution >= 0.6 is 0 Å². The molecule has 6 nitrogen and oxygen atoms in total. The van der Waals surface area contributed by atoms with Crippen LogP contribution in [0.15, 0.2) is 12.3 Å². The lowest BCUT2D eigenvalue weighted by Crippen LogP contribution is -2.62. The topological polar surface area (TPSA) is 89.3 Å². The van der Waals surface area contributed by atoms with E-state index in [4.69, 9.17) is 10.00 Å². The monoisotopic (exact) mass is 303 g/mol. The van der Waals surface area contributed by atoms with Crippen molar-refractivity contribution in [2.24, 2.45) is 5.41 Å². The molecule has 2 aliphatic rings. The molecule has 0 aromatic carbocycles. The van der Waals surface area contributed by atoms with Crippen molar-refractivity contribution in [1.29, 1.82) is 5.26 Å². The fourth-order valence-corrected chi connectivity index (χ4v) is 3.71. The number of aliphatic hydroxyl groups is 1. The smallest absolute Gasteiger partial charge is 0.255 e. The third kappa shape index (κ3) is 2.31. The van der Waals surface area contributed by atoms with Crippen molar-refractivity contribution in [3.8, 4) is 6.07 Å². The minimum atomic E-state index is -0.321. The quantitative estimate of drug-likeness (QED) is 0.880. The first-order valence-electron chi connectivity index (χ1n) is 7.78. The number of hydrogen-bond donors (Lipinski definition) is 2. The third-order valence-corrected chi connectivity index (χ3v) is 5.14. The maximum absolute atomic E-state index is 12.4. The maximum atomic E-state index is 12.4. The van der Waals surface area contributed by atoms with Gasteiger partial charge in [0, 0.05) is 37.7 Å². The molecule has 1 aliphatic heterocycles. The van der Waals surface area contributed by atoms with Crippen molar-refractivity contribution >= 4 is 5.91 Å². The number of nitrogens with one attached hydrogen (secondary N) is 1. The summed E-state index contributed by atoms with van der Waals surface area (Å²) in [5.41, 5.74) is 0.730. The van der Waals surface area contributed by atoms with Gasteiger partial charge in [-0.05, 0) is 25.8 Å². The molecule has 2 N–H and O–H groups in total. The lowest BCUT2D eigenvalue weighted by atomic mass is 9.58. The summed E-state index contributed by atoms with van der Waals surface area (Å²) in [6.07, 6.45) is 3.60. The number of amides is 1. The Labute approximate surface area is 129 Å². The van der Waals surface area contributed by atoms with Crippen LogP contribution in [0, 0.1) is 16.7 Å². The molecular formula is C16H21N3O3. The number of rotatable bonds is 3. The van der Waals surface area contributed by atoms with Gasteiger partial charge in [-0.2, -0.15) is 5.26 Å². The Hall–Kier alpha value is -1.84. The summed E-state index contributed by atoms with van der Waals surface area (Å²) in [6.45, 7) is 3.86. The van der Waals surface area contributed by atoms with Crippen LogP contribution in [0.3, 0.4) is 0 Å². The number of aromatic amines is 1. The second-order valence-electron chi connectivity index (χ2n) is 6.13. The second-order valence-corrected chi connectivity index (χ2v) is 6.13. The summed E-state index contributed by atoms with van der Waals surface area (Å²) >= 11 is 0. The van der Waals surface area contributed by atoms with Gasteiger partial charge in [0.1, 0.15) is 11.8 Å². The molecule has 1 amide bonds. The number of nitriles is 1. The van der Waals surface area contributed by atoms with E-state index in [0.29, 0.717) is 37.4 Å². The summed E-state index contributed by atoms with van der Waals surface area (Å²) in [5.74, 6) is -0.0608. The van der Waals surface area contributed by atoms with Crippen LogP contribution in [-0.2, 0) is 4.74 Å². The van der Waals surface area contributed by atoms with Crippen LogP contribution in [0.1, 0.15) is 42.2 Å². The molecule has 2 unspecified atom stereocenters. The van der Waals surface area contributed by atoms with Crippen LogP contribution in [0.4, 0.5) is 0 Å². The van der Waals surface area contributed by atoms with E-state index < -0.39 is 0 Å². The predicted molar refractivity (Wildman–Crippen MR) is 79.1 cm³/mol. The Morgan fingerprint density at radius 1 is 1.59 bits per heavy atom. The molecule has 2 atom stereocenters. The summed E-state index contributed by atoms with van der Waals surface area (Å²) in [5, 5.41) is 19.0. The normalized spacial score (nSPS) is 26.5. The summed E-state index contributed by atoms with van der Waals surface area (Å²) < 4.78 is 5.74. The first-order chi connectivity index (χ1) is 10.6. The highest BCUT2D eigenvalue weighted by atomic mass is 16.5. The minimum absolute atomic E-state index is 0.0608. The molecular weight excluding hydrogens is 282 g/mol. The molecule has 0 radical (unpaired) electrons. The van der Waals surface area contributed by atoms with Crippen LogP contribution < -0.4 is 0 Å². The highest BCUT2D eigenvalue weighted by molar-refractivity contribution is 5.94. The van der Waals surface area contributed by atoms with Crippen LogP contribution in [0.25, 0.3) is 0 Å². The van der Waals surface area contributed by atoms with E-state index in [9.17, 15) is 9.90 Å². The van der Waals surface area contributed by atoms with E-state index in [0.717, 1.165) is 12.8 Å². The predicted octanol–water partition coefficient (Wildman–Crippen LogP) is 1.28. The van der Waals surface area contributed by atoms with E-state index in [1.54, 1.807) is 17.2 Å². The van der Waals surface area contributed by atoms with Gasteiger partial charge in [-0.3, -0.25) is 4.79 Å². The van der Waals surface area contributed by atoms with Gasteiger partial charge >= 0.3 is 0 Å². The zero-order valence-electron chi connectivity index (χ0n) is 12.7. The number of carbonyl (C=O) groups excluding carboxylic acids is 1. The largest absolute Gasteiger partial charge is 0.392 e. The molecule has 22 heavy (non-hydrogen) atoms. The molecule has 1 aliphatic carbocycles. The Morgan fingerprint density at radius 3 is 2.86 bits per heavy atom. The molecule has 1 saturated heterocycles. The molecule has 6 heteroatoms. The molecule has 118 valence electrons. The molecule has 1 aromatic rings. The van der Waals surface area contributed by atoms with Gasteiger partial charge < -0.3 is 19.7 Å². The summed E-state index contributed by atoms with van der Waals surface area (Å²) in [6, 6.07) is 3.56. The number of H-pyrrole nitrogens is 1. The fourth-order valence-electron chi connectivity index (χ4n) is 3.71. The number of piperidine rings is 1. The lowest BCUT2D eigenvalue weighted by molar-refractivity contribution is -0.207. The average Bonchev–Trinajstić information content (AvgIpc) is 3.03. The minimum Gasteiger partial charge on any atom is -0.392 e. The number of hydrogen-bond acceptors (Lipinski definition) is 4. The summed E-state index contributed by atoms with van der Waals surface area (Å²) in [4.78, 5) is 17.0. The highest BCUT2D eigenvalue weighted by Crippen LogP contribution is 2.51. The van der Waals surface area contributed by atoms with Crippen molar-refractivity contribution in [3.05, 3.63) is 23.5 Å². The standard InChI is InChI=1S/C16H21N3O3/c1-2-22-14-8-13(20)16(14)3-5-19(6-4-16)15(21)11-7-12(9-17)18-10-11/h7,10,13-14,18,20H,2-6,8H2,1H3. The van der Waals surface area contributed by atoms with Gasteiger partial charge in [0.25, 0.3) is 5.91 Å². The van der Waals surface area contributed by atoms with E-state index in [2.05, 4.69) is 4.98 Å². The van der Waals surface area contributed by atoms with Gasteiger partial charge in [0.15, 0.2) is 0 Å². The Balaban J connectivity index is 1.64. The van der Waals surface area contributed by atoms with Crippen LogP contribution in [-0.4, -0.2) is 52.8 Å². The number of nitrogens with zero attached hydrogens (tertiary/aromatic N) is 2. The molecule has 2 fully saturated rings. The Bertz CT molecular complexity index is 594. The average molecular weight is 303 g/mol. The van der Waals surface area contributed by atoms with Gasteiger partial charge in [-0.15, -0.1) is 0 Å². The van der Waals surface area contributed by atoms with Crippen LogP contribution in [0.2, 0.25) is 0 Å². The first kappa shape index (κ1) is 15.1. The molecule has 1 saturated carbocycles. The van der Waals surface area contributed by atoms with E-state index >= 15 is 0 Å². The number of aliphatic hydroxyl groups excluding tert-OH is 1. The molecule has 0 bridgehead atoms. The van der Waals surface area contributed by atoms with Gasteiger partial charge in [0.2, 0.25) is 0 Å². The van der Waals surface area contributed by atoms with Crippen LogP contribution in [0.5, 0.6) is 0 Å². The molecule has 1 spiro atoms. The fraction of sp³-hybridized carbons (Fsp3) is 0.625. The van der Waals surface area contributed by atoms with Gasteiger partial charge in [0.05, 0.1) is 17.8 Å². The van der Waals surface area contributed by atoms with Crippen molar-refractivity contribution < 1.29 is 14.6 Å². The zero-order chi connectivity index (χ0) is 15.7. The summed E-state index contributed by atoms with van der Waals surface area (Å²) in [7, 11) is 0. The number of aromatic nitrogens is 1. The van der Waals surface area contributed by atoms with E-state index in [1.165, 1.54) is 0 Å². The van der Waals surface area contributed by atoms with Crippen molar-refractivity contribution in [2.75, 3.05) is 19.7 Å². The van der Waals surface area contributed by atoms with Crippen molar-refractivity contribution in [1.82, 2.24) is 9.88 Å². The lowest BCUT2D eigenvalue weighted by Gasteiger charge is -2.56. The maximum Gasteiger partial charge on any atom is 0.255 e. The van der Waals surface area contributed by atoms with Crippen molar-refractivity contribution in [2.45, 2.75) is 38.4 Å². The number of carbonyl (C=O) groups is 1. The zero-order valence-corrected chi connectivity index (χ0v) is 12.7. The Morgan fingerprint density at radius 2 is 2.32 bits per heavy atom. The van der Waals surface area contributed by atoms with E-state index in [1.807, 2.05) is 13.0 Å². The van der Waals surface area contributed by atoms with E-state index in [-0.39, 0.29) is 23.5 Å². The molecule has 1 aromatic heterocycles. The highest BCUT2D eigenvalue weighted by Gasteiger charge is 2.56. The first-order valence-corrected chi connectivity index (χ1v) is 7.78. The second kappa shape index (κ2) is 5.75. The van der Waals surface area contributed by atoms with Gasteiger partial charge in [-0.25, -0.2) is 0 Å². The Kier molecular flexibility index (Phi) is 3.94. The number of ether oxygens (including phenoxy) is 1. The van der Waals surface area contributed by atoms with Gasteiger partial charge in [-0.1, -0.05) is 0 Å². The SMILES string of the molecule is CCOC1CC(O)C12CCN(C(=O)c1c[nH]c(C#N)c1)CC2. The third-order valence-electron chi connectivity index (χ3n) is 5.14. The van der Waals surface area contributed by atoms with Crippen molar-refractivity contribution in [3.63, 3.8) is 0 Å². The number of likely N-dealkylation sites (tertiary alicyclic amines) is 1.